The number of nitrogens with zero attached hydrogens (tertiary/aromatic N) is 2. The van der Waals surface area contributed by atoms with Gasteiger partial charge in [-0.1, -0.05) is 65.3 Å². The highest BCUT2D eigenvalue weighted by Crippen LogP contribution is 2.32. The van der Waals surface area contributed by atoms with Gasteiger partial charge in [0.05, 0.1) is 0 Å². The van der Waals surface area contributed by atoms with Crippen molar-refractivity contribution in [3.63, 3.8) is 0 Å². The van der Waals surface area contributed by atoms with E-state index in [2.05, 4.69) is 32.7 Å². The molecule has 0 unspecified atom stereocenters. The summed E-state index contributed by atoms with van der Waals surface area (Å²) in [5.41, 5.74) is 0. The van der Waals surface area contributed by atoms with Crippen LogP contribution in [0.3, 0.4) is 0 Å². The fourth-order valence-corrected chi connectivity index (χ4v) is 3.82. The summed E-state index contributed by atoms with van der Waals surface area (Å²) >= 11 is 0. The third-order valence-corrected chi connectivity index (χ3v) is 6.29. The van der Waals surface area contributed by atoms with E-state index >= 15 is 0 Å². The van der Waals surface area contributed by atoms with Crippen LogP contribution in [0.15, 0.2) is 41.6 Å². The molecule has 0 atom stereocenters. The fourth-order valence-electron chi connectivity index (χ4n) is 2.12. The number of carbonyl (C=O) groups is 3. The number of Topliss-reactive ketones (excluding diaryl/α,β-unsaturated/α-hetero) is 1. The Labute approximate surface area is 189 Å². The lowest BCUT2D eigenvalue weighted by Gasteiger charge is -2.15. The van der Waals surface area contributed by atoms with Crippen LogP contribution < -0.4 is 0 Å². The number of rotatable bonds is 8. The predicted molar refractivity (Wildman–Crippen MR) is 128 cm³/mol. The van der Waals surface area contributed by atoms with Crippen LogP contribution in [-0.4, -0.2) is 39.3 Å². The van der Waals surface area contributed by atoms with E-state index in [1.807, 2.05) is 56.0 Å². The lowest BCUT2D eigenvalue weighted by atomic mass is 10.1. The molecular weight excluding hydrogens is 416 g/mol. The Morgan fingerprint density at radius 1 is 1.00 bits per heavy atom. The van der Waals surface area contributed by atoms with E-state index in [-0.39, 0.29) is 11.8 Å². The van der Waals surface area contributed by atoms with Crippen LogP contribution in [0.4, 0.5) is 0 Å². The van der Waals surface area contributed by atoms with Crippen molar-refractivity contribution in [2.75, 3.05) is 6.54 Å². The number of hydrogen-bond donors (Lipinski definition) is 0. The van der Waals surface area contributed by atoms with Crippen molar-refractivity contribution in [1.29, 1.82) is 0 Å². The van der Waals surface area contributed by atoms with Gasteiger partial charge in [-0.3, -0.25) is 19.3 Å². The van der Waals surface area contributed by atoms with E-state index in [0.717, 1.165) is 11.4 Å². The van der Waals surface area contributed by atoms with Gasteiger partial charge in [-0.2, -0.15) is 0 Å². The van der Waals surface area contributed by atoms with Crippen molar-refractivity contribution >= 4 is 39.2 Å². The molecule has 1 aliphatic heterocycles. The Morgan fingerprint density at radius 2 is 1.60 bits per heavy atom. The number of hydrogen-bond acceptors (Lipinski definition) is 6. The van der Waals surface area contributed by atoms with E-state index in [0.29, 0.717) is 35.8 Å². The molecule has 0 N–H and O–H groups in total. The monoisotopic (exact) mass is 452 g/mol. The quantitative estimate of drug-likeness (QED) is 0.366. The molecule has 2 amide bonds. The number of carbonyl (C=O) groups excluding carboxylic acids is 3. The summed E-state index contributed by atoms with van der Waals surface area (Å²) in [5, 5.41) is 1.74. The van der Waals surface area contributed by atoms with Gasteiger partial charge in [-0.15, -0.1) is 0 Å². The summed E-state index contributed by atoms with van der Waals surface area (Å²) in [6, 6.07) is 5.97. The Balaban J connectivity index is 0.000000428. The molecule has 30 heavy (non-hydrogen) atoms. The number of pyridine rings is 1. The molecule has 2 rings (SSSR count). The van der Waals surface area contributed by atoms with Crippen LogP contribution in [-0.2, 0) is 14.4 Å². The zero-order valence-electron chi connectivity index (χ0n) is 19.3. The zero-order chi connectivity index (χ0) is 23.1. The van der Waals surface area contributed by atoms with Crippen LogP contribution >= 0.6 is 21.6 Å². The summed E-state index contributed by atoms with van der Waals surface area (Å²) in [6.07, 6.45) is 5.88. The van der Waals surface area contributed by atoms with Gasteiger partial charge in [0.1, 0.15) is 10.8 Å². The largest absolute Gasteiger partial charge is 0.300 e. The van der Waals surface area contributed by atoms with Gasteiger partial charge in [0.25, 0.3) is 11.8 Å². The minimum atomic E-state index is -0.191. The molecule has 1 aromatic heterocycles. The zero-order valence-corrected chi connectivity index (χ0v) is 20.9. The van der Waals surface area contributed by atoms with Crippen molar-refractivity contribution in [1.82, 2.24) is 9.88 Å². The second kappa shape index (κ2) is 16.1. The van der Waals surface area contributed by atoms with Gasteiger partial charge in [-0.25, -0.2) is 4.98 Å². The molecule has 2 heterocycles. The minimum Gasteiger partial charge on any atom is -0.300 e. The predicted octanol–water partition coefficient (Wildman–Crippen LogP) is 5.81. The molecule has 1 aromatic rings. The molecule has 0 aromatic carbocycles. The molecule has 1 aliphatic rings. The molecule has 0 radical (unpaired) electrons. The van der Waals surface area contributed by atoms with Crippen LogP contribution in [0.2, 0.25) is 0 Å². The van der Waals surface area contributed by atoms with Gasteiger partial charge < -0.3 is 0 Å². The third-order valence-electron chi connectivity index (χ3n) is 3.44. The number of imide groups is 1. The molecule has 5 nitrogen and oxygen atoms in total. The van der Waals surface area contributed by atoms with Crippen LogP contribution in [0.25, 0.3) is 0 Å². The first-order valence-corrected chi connectivity index (χ1v) is 12.6. The second-order valence-electron chi connectivity index (χ2n) is 7.90. The maximum Gasteiger partial charge on any atom is 0.253 e. The van der Waals surface area contributed by atoms with Crippen molar-refractivity contribution in [2.45, 2.75) is 71.6 Å². The first-order chi connectivity index (χ1) is 14.1. The van der Waals surface area contributed by atoms with Crippen molar-refractivity contribution in [2.24, 2.45) is 11.8 Å². The first kappa shape index (κ1) is 28.4. The molecule has 0 saturated carbocycles. The number of ketones is 1. The van der Waals surface area contributed by atoms with E-state index in [4.69, 9.17) is 0 Å². The normalized spacial score (nSPS) is 12.8. The highest BCUT2D eigenvalue weighted by Gasteiger charge is 2.23. The van der Waals surface area contributed by atoms with E-state index in [1.165, 1.54) is 17.1 Å². The van der Waals surface area contributed by atoms with Gasteiger partial charge >= 0.3 is 0 Å². The number of aromatic nitrogens is 1. The summed E-state index contributed by atoms with van der Waals surface area (Å²) < 4.78 is 0. The number of amides is 2. The average molecular weight is 453 g/mol. The van der Waals surface area contributed by atoms with Gasteiger partial charge in [-0.05, 0) is 34.8 Å². The highest BCUT2D eigenvalue weighted by molar-refractivity contribution is 8.76. The molecule has 0 saturated heterocycles. The van der Waals surface area contributed by atoms with E-state index in [9.17, 15) is 14.4 Å². The van der Waals surface area contributed by atoms with E-state index in [1.54, 1.807) is 10.8 Å². The average Bonchev–Trinajstić information content (AvgIpc) is 2.99. The van der Waals surface area contributed by atoms with Gasteiger partial charge in [0.2, 0.25) is 0 Å². The second-order valence-corrected chi connectivity index (χ2v) is 10.7. The summed E-state index contributed by atoms with van der Waals surface area (Å²) in [6.45, 7) is 14.9. The van der Waals surface area contributed by atoms with Gasteiger partial charge in [0, 0.05) is 43.0 Å². The molecule has 7 heteroatoms. The molecule has 0 fully saturated rings. The Morgan fingerprint density at radius 3 is 1.97 bits per heavy atom. The Bertz CT molecular complexity index is 656. The SMILES string of the molecule is CC(C)CN1C(=O)C=CC1=O.CC(C)SSc1ccccn1.CCC(=O)CC(C)C. The van der Waals surface area contributed by atoms with Crippen LogP contribution in [0.5, 0.6) is 0 Å². The first-order valence-electron chi connectivity index (χ1n) is 10.4. The molecule has 168 valence electrons. The van der Waals surface area contributed by atoms with Crippen molar-refractivity contribution in [3.8, 4) is 0 Å². The maximum absolute atomic E-state index is 10.9. The van der Waals surface area contributed by atoms with Crippen molar-refractivity contribution < 1.29 is 14.4 Å². The Kier molecular flexibility index (Phi) is 15.3. The molecule has 0 aliphatic carbocycles. The lowest BCUT2D eigenvalue weighted by Crippen LogP contribution is -2.33. The smallest absolute Gasteiger partial charge is 0.253 e. The van der Waals surface area contributed by atoms with Crippen LogP contribution in [0.1, 0.15) is 61.3 Å². The molecular formula is C23H36N2O3S2. The fraction of sp³-hybridized carbons (Fsp3) is 0.565. The lowest BCUT2D eigenvalue weighted by molar-refractivity contribution is -0.137. The summed E-state index contributed by atoms with van der Waals surface area (Å²) in [4.78, 5) is 37.9. The molecule has 0 bridgehead atoms. The summed E-state index contributed by atoms with van der Waals surface area (Å²) in [5.74, 6) is 0.859. The van der Waals surface area contributed by atoms with Gasteiger partial charge in [0.15, 0.2) is 0 Å². The maximum atomic E-state index is 10.9. The topological polar surface area (TPSA) is 67.3 Å². The minimum absolute atomic E-state index is 0.191. The summed E-state index contributed by atoms with van der Waals surface area (Å²) in [7, 11) is 3.57. The van der Waals surface area contributed by atoms with Crippen LogP contribution in [0, 0.1) is 11.8 Å². The Hall–Kier alpha value is -1.60. The standard InChI is InChI=1S/C8H11NO2.C8H11NS2.C7H14O/c1-6(2)5-9-7(10)3-4-8(9)11;1-7(2)10-11-8-5-3-4-6-9-8;1-4-7(8)5-6(2)3/h3-4,6H,5H2,1-2H3;3-7H,1-2H3;6H,4-5H2,1-3H3. The molecule has 0 spiro atoms. The third kappa shape index (κ3) is 14.4. The highest BCUT2D eigenvalue weighted by atomic mass is 33.1. The van der Waals surface area contributed by atoms with E-state index < -0.39 is 0 Å². The van der Waals surface area contributed by atoms with Crippen molar-refractivity contribution in [3.05, 3.63) is 36.5 Å².